The molecule has 0 radical (unpaired) electrons. The Morgan fingerprint density at radius 2 is 2.41 bits per heavy atom. The van der Waals surface area contributed by atoms with Gasteiger partial charge in [-0.1, -0.05) is 47.2 Å². The van der Waals surface area contributed by atoms with Crippen LogP contribution in [0.25, 0.3) is 16.5 Å². The lowest BCUT2D eigenvalue weighted by atomic mass is 10.2. The molecular weight excluding hydrogens is 234 g/mol. The van der Waals surface area contributed by atoms with Gasteiger partial charge in [0.25, 0.3) is 0 Å². The van der Waals surface area contributed by atoms with Gasteiger partial charge < -0.3 is 0 Å². The molecule has 4 nitrogen and oxygen atoms in total. The van der Waals surface area contributed by atoms with Gasteiger partial charge in [0.05, 0.1) is 0 Å². The summed E-state index contributed by atoms with van der Waals surface area (Å²) in [6, 6.07) is 7.34. The van der Waals surface area contributed by atoms with E-state index >= 15 is 0 Å². The molecule has 1 aromatic rings. The highest BCUT2D eigenvalue weighted by atomic mass is 32.2. The molecule has 5 heteroatoms. The number of allylic oxidation sites excluding steroid dienone is 1. The number of carbonyl (C=O) groups is 1. The van der Waals surface area contributed by atoms with Gasteiger partial charge in [-0.3, -0.25) is 4.79 Å². The van der Waals surface area contributed by atoms with Crippen molar-refractivity contribution in [3.05, 3.63) is 46.3 Å². The lowest BCUT2D eigenvalue weighted by molar-refractivity contribution is -0.109. The van der Waals surface area contributed by atoms with Crippen molar-refractivity contribution in [3.63, 3.8) is 0 Å². The van der Waals surface area contributed by atoms with E-state index in [0.29, 0.717) is 5.69 Å². The summed E-state index contributed by atoms with van der Waals surface area (Å²) in [5.41, 5.74) is 9.91. The van der Waals surface area contributed by atoms with Crippen molar-refractivity contribution in [2.45, 2.75) is 13.3 Å². The Morgan fingerprint density at radius 3 is 3.12 bits per heavy atom. The summed E-state index contributed by atoms with van der Waals surface area (Å²) < 4.78 is 0. The highest BCUT2D eigenvalue weighted by Crippen LogP contribution is 2.15. The third kappa shape index (κ3) is 5.80. The molecule has 0 fully saturated rings. The highest BCUT2D eigenvalue weighted by molar-refractivity contribution is 8.13. The van der Waals surface area contributed by atoms with Crippen molar-refractivity contribution >= 4 is 28.6 Å². The van der Waals surface area contributed by atoms with E-state index in [9.17, 15) is 4.79 Å². The largest absolute Gasteiger partial charge is 0.288 e. The minimum Gasteiger partial charge on any atom is -0.288 e. The van der Waals surface area contributed by atoms with Crippen LogP contribution in [-0.4, -0.2) is 10.9 Å². The smallest absolute Gasteiger partial charge is 0.185 e. The maximum absolute atomic E-state index is 10.7. The average Bonchev–Trinajstić information content (AvgIpc) is 2.29. The van der Waals surface area contributed by atoms with Crippen LogP contribution in [0.4, 0.5) is 5.69 Å². The maximum Gasteiger partial charge on any atom is 0.185 e. The molecule has 0 spiro atoms. The Balaban J connectivity index is 2.50. The monoisotopic (exact) mass is 247 g/mol. The molecule has 0 N–H and O–H groups in total. The first-order valence-corrected chi connectivity index (χ1v) is 6.16. The molecule has 1 aromatic carbocycles. The summed E-state index contributed by atoms with van der Waals surface area (Å²) in [5, 5.41) is 3.68. The van der Waals surface area contributed by atoms with Crippen LogP contribution in [-0.2, 0) is 4.79 Å². The molecule has 1 rings (SSSR count). The van der Waals surface area contributed by atoms with E-state index in [1.54, 1.807) is 13.0 Å². The minimum atomic E-state index is 0.142. The van der Waals surface area contributed by atoms with E-state index in [0.717, 1.165) is 17.7 Å². The zero-order valence-electron chi connectivity index (χ0n) is 9.54. The topological polar surface area (TPSA) is 65.8 Å². The Bertz CT molecular complexity index is 465. The van der Waals surface area contributed by atoms with Crippen molar-refractivity contribution in [1.29, 1.82) is 0 Å². The Morgan fingerprint density at radius 1 is 1.59 bits per heavy atom. The zero-order valence-corrected chi connectivity index (χ0v) is 10.4. The fraction of sp³-hybridized carbons (Fsp3) is 0.250. The van der Waals surface area contributed by atoms with Gasteiger partial charge in [-0.15, -0.1) is 0 Å². The molecule has 88 valence electrons. The molecule has 0 bridgehead atoms. The van der Waals surface area contributed by atoms with Crippen LogP contribution in [0.1, 0.15) is 18.9 Å². The second kappa shape index (κ2) is 7.54. The van der Waals surface area contributed by atoms with Crippen LogP contribution in [0.5, 0.6) is 0 Å². The SMILES string of the molecule is CC(=O)SCCC=Cc1cccc(N=[N+]=[N-])c1. The molecule has 0 amide bonds. The van der Waals surface area contributed by atoms with Crippen LogP contribution < -0.4 is 0 Å². The summed E-state index contributed by atoms with van der Waals surface area (Å²) in [6.45, 7) is 1.57. The Hall–Kier alpha value is -1.71. The third-order valence-electron chi connectivity index (χ3n) is 1.93. The minimum absolute atomic E-state index is 0.142. The highest BCUT2D eigenvalue weighted by Gasteiger charge is 1.92. The molecule has 0 saturated carbocycles. The summed E-state index contributed by atoms with van der Waals surface area (Å²) in [6.07, 6.45) is 4.80. The number of benzene rings is 1. The van der Waals surface area contributed by atoms with E-state index in [4.69, 9.17) is 5.53 Å². The first kappa shape index (κ1) is 13.4. The quantitative estimate of drug-likeness (QED) is 0.337. The van der Waals surface area contributed by atoms with Gasteiger partial charge in [0.2, 0.25) is 0 Å². The molecule has 0 aliphatic rings. The summed E-state index contributed by atoms with van der Waals surface area (Å²) in [4.78, 5) is 13.4. The number of azide groups is 1. The van der Waals surface area contributed by atoms with Gasteiger partial charge in [0, 0.05) is 23.3 Å². The molecule has 0 saturated heterocycles. The van der Waals surface area contributed by atoms with E-state index in [1.165, 1.54) is 11.8 Å². The Labute approximate surface area is 104 Å². The summed E-state index contributed by atoms with van der Waals surface area (Å²) in [7, 11) is 0. The van der Waals surface area contributed by atoms with Crippen molar-refractivity contribution in [2.24, 2.45) is 5.11 Å². The average molecular weight is 247 g/mol. The number of nitrogens with zero attached hydrogens (tertiary/aromatic N) is 3. The number of thioether (sulfide) groups is 1. The van der Waals surface area contributed by atoms with Crippen molar-refractivity contribution in [2.75, 3.05) is 5.75 Å². The number of hydrogen-bond donors (Lipinski definition) is 0. The Kier molecular flexibility index (Phi) is 5.93. The summed E-state index contributed by atoms with van der Waals surface area (Å²) >= 11 is 1.32. The van der Waals surface area contributed by atoms with Crippen LogP contribution in [0, 0.1) is 0 Å². The van der Waals surface area contributed by atoms with Gasteiger partial charge in [0.1, 0.15) is 0 Å². The second-order valence-corrected chi connectivity index (χ2v) is 4.59. The predicted octanol–water partition coefficient (Wildman–Crippen LogP) is 4.31. The molecule has 0 aromatic heterocycles. The molecular formula is C12H13N3OS. The molecule has 0 heterocycles. The third-order valence-corrected chi connectivity index (χ3v) is 2.78. The van der Waals surface area contributed by atoms with E-state index in [1.807, 2.05) is 30.4 Å². The van der Waals surface area contributed by atoms with E-state index in [-0.39, 0.29) is 5.12 Å². The van der Waals surface area contributed by atoms with Gasteiger partial charge in [0.15, 0.2) is 5.12 Å². The van der Waals surface area contributed by atoms with Crippen LogP contribution in [0.15, 0.2) is 35.5 Å². The first-order valence-electron chi connectivity index (χ1n) is 5.17. The van der Waals surface area contributed by atoms with E-state index in [2.05, 4.69) is 10.0 Å². The molecule has 0 aliphatic heterocycles. The standard InChI is InChI=1S/C12H13N3OS/c1-10(16)17-8-3-2-5-11-6-4-7-12(9-11)14-15-13/h2,4-7,9H,3,8H2,1H3. The van der Waals surface area contributed by atoms with Crippen LogP contribution in [0.2, 0.25) is 0 Å². The number of carbonyl (C=O) groups excluding carboxylic acids is 1. The predicted molar refractivity (Wildman–Crippen MR) is 72.0 cm³/mol. The fourth-order valence-electron chi connectivity index (χ4n) is 1.23. The maximum atomic E-state index is 10.7. The molecule has 0 unspecified atom stereocenters. The number of hydrogen-bond acceptors (Lipinski definition) is 3. The lowest BCUT2D eigenvalue weighted by Crippen LogP contribution is -1.83. The van der Waals surface area contributed by atoms with Crippen molar-refractivity contribution in [3.8, 4) is 0 Å². The van der Waals surface area contributed by atoms with Crippen LogP contribution >= 0.6 is 11.8 Å². The summed E-state index contributed by atoms with van der Waals surface area (Å²) in [5.74, 6) is 0.794. The lowest BCUT2D eigenvalue weighted by Gasteiger charge is -1.95. The fourth-order valence-corrected chi connectivity index (χ4v) is 1.77. The second-order valence-electron chi connectivity index (χ2n) is 3.32. The molecule has 17 heavy (non-hydrogen) atoms. The van der Waals surface area contributed by atoms with Crippen molar-refractivity contribution < 1.29 is 4.79 Å². The van der Waals surface area contributed by atoms with E-state index < -0.39 is 0 Å². The van der Waals surface area contributed by atoms with Gasteiger partial charge in [-0.2, -0.15) is 0 Å². The zero-order chi connectivity index (χ0) is 12.5. The van der Waals surface area contributed by atoms with Gasteiger partial charge in [-0.05, 0) is 23.6 Å². The van der Waals surface area contributed by atoms with Gasteiger partial charge >= 0.3 is 0 Å². The first-order chi connectivity index (χ1) is 8.22. The van der Waals surface area contributed by atoms with Crippen molar-refractivity contribution in [1.82, 2.24) is 0 Å². The normalized spacial score (nSPS) is 10.2. The number of rotatable bonds is 5. The molecule has 0 atom stereocenters. The van der Waals surface area contributed by atoms with Crippen LogP contribution in [0.3, 0.4) is 0 Å². The van der Waals surface area contributed by atoms with Gasteiger partial charge in [-0.25, -0.2) is 0 Å². The molecule has 0 aliphatic carbocycles.